The average molecular weight is 475 g/mol. The highest BCUT2D eigenvalue weighted by Gasteiger charge is 2.43. The predicted molar refractivity (Wildman–Crippen MR) is 126 cm³/mol. The van der Waals surface area contributed by atoms with E-state index in [0.29, 0.717) is 22.6 Å². The zero-order chi connectivity index (χ0) is 24.7. The smallest absolute Gasteiger partial charge is 0.291 e. The Hall–Kier alpha value is -4.17. The molecule has 8 heteroatoms. The van der Waals surface area contributed by atoms with Crippen molar-refractivity contribution in [2.45, 2.75) is 12.1 Å². The first-order chi connectivity index (χ1) is 16.9. The maximum atomic E-state index is 14.0. The lowest BCUT2D eigenvalue weighted by Gasteiger charge is -2.28. The van der Waals surface area contributed by atoms with Crippen molar-refractivity contribution in [2.75, 3.05) is 20.8 Å². The summed E-state index contributed by atoms with van der Waals surface area (Å²) in [5.74, 6) is -0.379. The van der Waals surface area contributed by atoms with Gasteiger partial charge in [0.25, 0.3) is 5.91 Å². The lowest BCUT2D eigenvalue weighted by molar-refractivity contribution is 0.0583. The van der Waals surface area contributed by atoms with Gasteiger partial charge in [-0.25, -0.2) is 4.39 Å². The summed E-state index contributed by atoms with van der Waals surface area (Å²) in [6.45, 7) is -0.101. The molecule has 0 radical (unpaired) electrons. The van der Waals surface area contributed by atoms with Gasteiger partial charge in [0.1, 0.15) is 11.4 Å². The van der Waals surface area contributed by atoms with Crippen LogP contribution in [-0.4, -0.2) is 36.7 Å². The third kappa shape index (κ3) is 3.81. The monoisotopic (exact) mass is 475 g/mol. The SMILES string of the molecule is COc1ccc(C2c3c(oc4ccc(F)cc4c3=O)C(=O)N2CC(O)c2ccccc2)cc1OC. The molecule has 178 valence electrons. The minimum atomic E-state index is -1.01. The zero-order valence-electron chi connectivity index (χ0n) is 19.0. The highest BCUT2D eigenvalue weighted by molar-refractivity contribution is 5.99. The van der Waals surface area contributed by atoms with Gasteiger partial charge in [-0.2, -0.15) is 0 Å². The molecule has 0 aliphatic carbocycles. The summed E-state index contributed by atoms with van der Waals surface area (Å²) in [7, 11) is 2.99. The van der Waals surface area contributed by atoms with E-state index in [-0.39, 0.29) is 28.8 Å². The van der Waals surface area contributed by atoms with Crippen molar-refractivity contribution in [1.82, 2.24) is 4.90 Å². The van der Waals surface area contributed by atoms with Crippen LogP contribution >= 0.6 is 0 Å². The van der Waals surface area contributed by atoms with Gasteiger partial charge in [-0.15, -0.1) is 0 Å². The second-order valence-electron chi connectivity index (χ2n) is 8.22. The molecule has 4 aromatic rings. The molecule has 7 nitrogen and oxygen atoms in total. The second-order valence-corrected chi connectivity index (χ2v) is 8.22. The standard InChI is InChI=1S/C27H22FNO6/c1-33-21-10-8-16(12-22(21)34-2)24-23-25(31)18-13-17(28)9-11-20(18)35-26(23)27(32)29(24)14-19(30)15-6-4-3-5-7-15/h3-13,19,24,30H,14H2,1-2H3. The van der Waals surface area contributed by atoms with E-state index in [2.05, 4.69) is 0 Å². The second kappa shape index (κ2) is 8.88. The molecule has 0 saturated carbocycles. The number of amides is 1. The Balaban J connectivity index is 1.70. The summed E-state index contributed by atoms with van der Waals surface area (Å²) in [4.78, 5) is 28.5. The van der Waals surface area contributed by atoms with Crippen LogP contribution in [0, 0.1) is 5.82 Å². The van der Waals surface area contributed by atoms with E-state index in [1.807, 2.05) is 6.07 Å². The zero-order valence-corrected chi connectivity index (χ0v) is 19.0. The number of ether oxygens (including phenoxy) is 2. The van der Waals surface area contributed by atoms with Gasteiger partial charge in [0.15, 0.2) is 16.9 Å². The molecule has 0 spiro atoms. The maximum Gasteiger partial charge on any atom is 0.291 e. The van der Waals surface area contributed by atoms with E-state index >= 15 is 0 Å². The number of aliphatic hydroxyl groups excluding tert-OH is 1. The number of rotatable bonds is 6. The topological polar surface area (TPSA) is 89.2 Å². The number of hydrogen-bond donors (Lipinski definition) is 1. The number of aliphatic hydroxyl groups is 1. The van der Waals surface area contributed by atoms with Crippen LogP contribution in [0.1, 0.15) is 39.4 Å². The Morgan fingerprint density at radius 3 is 2.46 bits per heavy atom. The molecule has 1 N–H and O–H groups in total. The van der Waals surface area contributed by atoms with Gasteiger partial charge >= 0.3 is 0 Å². The van der Waals surface area contributed by atoms with Gasteiger partial charge < -0.3 is 23.9 Å². The number of carbonyl (C=O) groups is 1. The first kappa shape index (κ1) is 22.6. The van der Waals surface area contributed by atoms with Crippen LogP contribution in [0.4, 0.5) is 4.39 Å². The Labute approximate surface area is 199 Å². The van der Waals surface area contributed by atoms with Crippen molar-refractivity contribution in [3.05, 3.63) is 105 Å². The minimum absolute atomic E-state index is 0.0347. The van der Waals surface area contributed by atoms with Crippen molar-refractivity contribution in [2.24, 2.45) is 0 Å². The van der Waals surface area contributed by atoms with Crippen molar-refractivity contribution in [1.29, 1.82) is 0 Å². The van der Waals surface area contributed by atoms with Gasteiger partial charge in [0.2, 0.25) is 5.76 Å². The van der Waals surface area contributed by atoms with Crippen molar-refractivity contribution in [3.8, 4) is 11.5 Å². The van der Waals surface area contributed by atoms with Crippen molar-refractivity contribution < 1.29 is 28.2 Å². The molecular formula is C27H22FNO6. The van der Waals surface area contributed by atoms with Crippen molar-refractivity contribution in [3.63, 3.8) is 0 Å². The summed E-state index contributed by atoms with van der Waals surface area (Å²) in [5, 5.41) is 11.0. The largest absolute Gasteiger partial charge is 0.493 e. The van der Waals surface area contributed by atoms with Crippen LogP contribution in [0.2, 0.25) is 0 Å². The normalized spacial score (nSPS) is 15.8. The van der Waals surface area contributed by atoms with Gasteiger partial charge in [-0.1, -0.05) is 36.4 Å². The van der Waals surface area contributed by atoms with E-state index in [4.69, 9.17) is 13.9 Å². The highest BCUT2D eigenvalue weighted by atomic mass is 19.1. The molecule has 0 saturated heterocycles. The first-order valence-corrected chi connectivity index (χ1v) is 10.9. The fourth-order valence-corrected chi connectivity index (χ4v) is 4.52. The third-order valence-corrected chi connectivity index (χ3v) is 6.21. The Bertz CT molecular complexity index is 1480. The average Bonchev–Trinajstić information content (AvgIpc) is 3.16. The number of nitrogens with zero attached hydrogens (tertiary/aromatic N) is 1. The molecule has 0 fully saturated rings. The summed E-state index contributed by atoms with van der Waals surface area (Å²) in [6.07, 6.45) is -1.01. The number of β-amino-alcohol motifs (C(OH)–C–C–N with tert-alkyl or cyclic N) is 1. The van der Waals surface area contributed by atoms with Crippen LogP contribution in [0.15, 0.2) is 75.9 Å². The van der Waals surface area contributed by atoms with Crippen LogP contribution in [-0.2, 0) is 0 Å². The first-order valence-electron chi connectivity index (χ1n) is 10.9. The van der Waals surface area contributed by atoms with E-state index in [1.54, 1.807) is 42.5 Å². The molecule has 2 unspecified atom stereocenters. The lowest BCUT2D eigenvalue weighted by atomic mass is 9.97. The molecule has 2 atom stereocenters. The number of halogens is 1. The molecule has 3 aromatic carbocycles. The fraction of sp³-hybridized carbons (Fsp3) is 0.185. The maximum absolute atomic E-state index is 14.0. The quantitative estimate of drug-likeness (QED) is 0.449. The summed E-state index contributed by atoms with van der Waals surface area (Å²) < 4.78 is 30.5. The van der Waals surface area contributed by atoms with Gasteiger partial charge in [-0.3, -0.25) is 9.59 Å². The lowest BCUT2D eigenvalue weighted by Crippen LogP contribution is -2.33. The minimum Gasteiger partial charge on any atom is -0.493 e. The molecule has 1 amide bonds. The highest BCUT2D eigenvalue weighted by Crippen LogP contribution is 2.41. The number of hydrogen-bond acceptors (Lipinski definition) is 6. The Morgan fingerprint density at radius 1 is 1.00 bits per heavy atom. The van der Waals surface area contributed by atoms with E-state index < -0.39 is 29.3 Å². The van der Waals surface area contributed by atoms with Crippen LogP contribution < -0.4 is 14.9 Å². The number of benzene rings is 3. The van der Waals surface area contributed by atoms with Crippen LogP contribution in [0.25, 0.3) is 11.0 Å². The van der Waals surface area contributed by atoms with Gasteiger partial charge in [0, 0.05) is 0 Å². The van der Waals surface area contributed by atoms with Gasteiger partial charge in [0.05, 0.1) is 43.9 Å². The molecule has 1 aliphatic heterocycles. The van der Waals surface area contributed by atoms with Gasteiger partial charge in [-0.05, 0) is 41.5 Å². The van der Waals surface area contributed by atoms with Crippen LogP contribution in [0.3, 0.4) is 0 Å². The molecule has 35 heavy (non-hydrogen) atoms. The summed E-state index contributed by atoms with van der Waals surface area (Å²) in [6, 6.07) is 16.7. The molecule has 1 aromatic heterocycles. The molecule has 2 heterocycles. The van der Waals surface area contributed by atoms with E-state index in [9.17, 15) is 19.1 Å². The molecular weight excluding hydrogens is 453 g/mol. The van der Waals surface area contributed by atoms with E-state index in [1.165, 1.54) is 31.3 Å². The predicted octanol–water partition coefficient (Wildman–Crippen LogP) is 4.23. The summed E-state index contributed by atoms with van der Waals surface area (Å²) in [5.41, 5.74) is 0.859. The fourth-order valence-electron chi connectivity index (χ4n) is 4.52. The number of carbonyl (C=O) groups excluding carboxylic acids is 1. The third-order valence-electron chi connectivity index (χ3n) is 6.21. The molecule has 5 rings (SSSR count). The van der Waals surface area contributed by atoms with Crippen molar-refractivity contribution >= 4 is 16.9 Å². The van der Waals surface area contributed by atoms with E-state index in [0.717, 1.165) is 6.07 Å². The number of methoxy groups -OCH3 is 2. The van der Waals surface area contributed by atoms with Crippen LogP contribution in [0.5, 0.6) is 11.5 Å². The Kier molecular flexibility index (Phi) is 5.74. The molecule has 1 aliphatic rings. The number of fused-ring (bicyclic) bond motifs is 2. The molecule has 0 bridgehead atoms. The Morgan fingerprint density at radius 2 is 1.74 bits per heavy atom. The summed E-state index contributed by atoms with van der Waals surface area (Å²) >= 11 is 0.